The molecule has 0 N–H and O–H groups in total. The van der Waals surface area contributed by atoms with Gasteiger partial charge in [0.2, 0.25) is 0 Å². The summed E-state index contributed by atoms with van der Waals surface area (Å²) in [5.41, 5.74) is 0.225. The van der Waals surface area contributed by atoms with Gasteiger partial charge < -0.3 is 0 Å². The van der Waals surface area contributed by atoms with E-state index in [0.717, 1.165) is 53.4 Å². The molecule has 43 heavy (non-hydrogen) atoms. The van der Waals surface area contributed by atoms with Crippen LogP contribution in [-0.4, -0.2) is 6.18 Å². The molecule has 0 radical (unpaired) electrons. The van der Waals surface area contributed by atoms with Crippen LogP contribution in [0.4, 0.5) is 35.1 Å². The van der Waals surface area contributed by atoms with Crippen LogP contribution < -0.4 is 0 Å². The van der Waals surface area contributed by atoms with Crippen molar-refractivity contribution in [3.05, 3.63) is 131 Å². The molecule has 0 atom stereocenters. The quantitative estimate of drug-likeness (QED) is 0.105. The summed E-state index contributed by atoms with van der Waals surface area (Å²) >= 11 is 1.39. The first-order valence-electron chi connectivity index (χ1n) is 12.6. The summed E-state index contributed by atoms with van der Waals surface area (Å²) in [6, 6.07) is 18.0. The molecule has 0 amide bonds. The molecule has 0 saturated heterocycles. The maximum atomic E-state index is 15.2. The minimum Gasteiger partial charge on any atom is -0.206 e. The van der Waals surface area contributed by atoms with Crippen LogP contribution in [0.3, 0.4) is 0 Å². The molecule has 0 unspecified atom stereocenters. The summed E-state index contributed by atoms with van der Waals surface area (Å²) in [4.78, 5) is 0.620. The van der Waals surface area contributed by atoms with E-state index in [4.69, 9.17) is 0 Å². The number of hydrogen-bond acceptors (Lipinski definition) is 1. The van der Waals surface area contributed by atoms with Gasteiger partial charge in [0, 0.05) is 27.5 Å². The van der Waals surface area contributed by atoms with Gasteiger partial charge in [-0.2, -0.15) is 13.2 Å². The Bertz CT molecular complexity index is 1910. The van der Waals surface area contributed by atoms with Gasteiger partial charge in [0.1, 0.15) is 29.1 Å². The Hall–Kier alpha value is -4.55. The molecule has 0 aliphatic rings. The van der Waals surface area contributed by atoms with Crippen molar-refractivity contribution in [2.45, 2.75) is 16.8 Å². The van der Waals surface area contributed by atoms with E-state index < -0.39 is 46.4 Å². The number of rotatable bonds is 6. The molecular formula is C34H18F8S. The fourth-order valence-electron chi connectivity index (χ4n) is 4.47. The summed E-state index contributed by atoms with van der Waals surface area (Å²) in [5, 5.41) is -0.438. The van der Waals surface area contributed by atoms with E-state index in [1.54, 1.807) is 12.1 Å². The third-order valence-electron chi connectivity index (χ3n) is 6.56. The number of hydrogen-bond donors (Lipinski definition) is 0. The van der Waals surface area contributed by atoms with Crippen LogP contribution >= 0.6 is 11.8 Å². The highest BCUT2D eigenvalue weighted by molar-refractivity contribution is 7.98. The maximum absolute atomic E-state index is 15.2. The molecular weight excluding hydrogens is 592 g/mol. The Morgan fingerprint density at radius 2 is 1.42 bits per heavy atom. The third kappa shape index (κ3) is 6.60. The summed E-state index contributed by atoms with van der Waals surface area (Å²) in [7, 11) is 0. The smallest absolute Gasteiger partial charge is 0.206 e. The monoisotopic (exact) mass is 610 g/mol. The lowest BCUT2D eigenvalue weighted by Gasteiger charge is -2.12. The minimum atomic E-state index is -4.96. The lowest BCUT2D eigenvalue weighted by molar-refractivity contribution is -0.0696. The van der Waals surface area contributed by atoms with Crippen molar-refractivity contribution in [2.75, 3.05) is 0 Å². The van der Waals surface area contributed by atoms with Gasteiger partial charge in [-0.1, -0.05) is 61.0 Å². The predicted octanol–water partition coefficient (Wildman–Crippen LogP) is 10.7. The second-order valence-electron chi connectivity index (χ2n) is 9.42. The van der Waals surface area contributed by atoms with Crippen molar-refractivity contribution in [3.8, 4) is 34.1 Å². The average molecular weight is 611 g/mol. The van der Waals surface area contributed by atoms with Crippen molar-refractivity contribution in [1.82, 2.24) is 0 Å². The van der Waals surface area contributed by atoms with E-state index in [2.05, 4.69) is 6.58 Å². The zero-order chi connectivity index (χ0) is 30.9. The Balaban J connectivity index is 1.42. The van der Waals surface area contributed by atoms with Gasteiger partial charge in [0.05, 0.1) is 11.1 Å². The summed E-state index contributed by atoms with van der Waals surface area (Å²) in [6.07, 6.45) is -3.23. The van der Waals surface area contributed by atoms with E-state index in [-0.39, 0.29) is 27.5 Å². The highest BCUT2D eigenvalue weighted by Crippen LogP contribution is 2.36. The molecule has 216 valence electrons. The zero-order valence-electron chi connectivity index (χ0n) is 21.9. The molecule has 0 aliphatic heterocycles. The Kier molecular flexibility index (Phi) is 8.34. The Morgan fingerprint density at radius 3 is 2.05 bits per heavy atom. The van der Waals surface area contributed by atoms with E-state index in [9.17, 15) is 22.0 Å². The molecule has 0 spiro atoms. The standard InChI is InChI=1S/C34H18F8S/c1-2-19-3-5-20(6-4-19)18-43-24-8-10-25(29(36)17-24)23-15-30(37)32(31(38)16-23)21-7-9-26-22(13-21)14-28(35)27(33(26)39)11-12-34(40,41)42/h2-10,13-17H,1,18H2. The van der Waals surface area contributed by atoms with Crippen molar-refractivity contribution in [3.63, 3.8) is 0 Å². The van der Waals surface area contributed by atoms with Crippen LogP contribution in [0.5, 0.6) is 0 Å². The molecule has 0 aliphatic carbocycles. The lowest BCUT2D eigenvalue weighted by atomic mass is 9.96. The summed E-state index contributed by atoms with van der Waals surface area (Å²) in [6.45, 7) is 3.71. The van der Waals surface area contributed by atoms with Crippen LogP contribution in [0, 0.1) is 40.9 Å². The maximum Gasteiger partial charge on any atom is 0.458 e. The van der Waals surface area contributed by atoms with Gasteiger partial charge in [-0.3, -0.25) is 0 Å². The van der Waals surface area contributed by atoms with Crippen LogP contribution in [-0.2, 0) is 5.75 Å². The molecule has 9 heteroatoms. The number of benzene rings is 5. The topological polar surface area (TPSA) is 0 Å². The third-order valence-corrected chi connectivity index (χ3v) is 7.63. The van der Waals surface area contributed by atoms with Crippen molar-refractivity contribution in [1.29, 1.82) is 0 Å². The Labute approximate surface area is 245 Å². The molecule has 5 aromatic carbocycles. The van der Waals surface area contributed by atoms with Gasteiger partial charge in [-0.15, -0.1) is 11.8 Å². The first-order chi connectivity index (χ1) is 20.4. The molecule has 5 aromatic rings. The van der Waals surface area contributed by atoms with Crippen molar-refractivity contribution in [2.24, 2.45) is 0 Å². The highest BCUT2D eigenvalue weighted by atomic mass is 32.2. The number of thioether (sulfide) groups is 1. The molecule has 0 fully saturated rings. The first kappa shape index (κ1) is 29.9. The fourth-order valence-corrected chi connectivity index (χ4v) is 5.35. The van der Waals surface area contributed by atoms with Crippen molar-refractivity contribution < 1.29 is 35.1 Å². The SMILES string of the molecule is C=Cc1ccc(CSc2ccc(-c3cc(F)c(-c4ccc5c(F)c(C#CC(F)(F)F)c(F)cc5c4)c(F)c3)c(F)c2)cc1. The van der Waals surface area contributed by atoms with Gasteiger partial charge in [-0.05, 0) is 64.0 Å². The van der Waals surface area contributed by atoms with Crippen LogP contribution in [0.2, 0.25) is 0 Å². The fraction of sp³-hybridized carbons (Fsp3) is 0.0588. The van der Waals surface area contributed by atoms with Gasteiger partial charge >= 0.3 is 6.18 Å². The van der Waals surface area contributed by atoms with E-state index in [0.29, 0.717) is 10.6 Å². The number of alkyl halides is 3. The predicted molar refractivity (Wildman–Crippen MR) is 154 cm³/mol. The van der Waals surface area contributed by atoms with Gasteiger partial charge in [0.25, 0.3) is 0 Å². The molecule has 0 nitrogen and oxygen atoms in total. The van der Waals surface area contributed by atoms with Crippen LogP contribution in [0.25, 0.3) is 39.1 Å². The minimum absolute atomic E-state index is 0.0285. The largest absolute Gasteiger partial charge is 0.458 e. The van der Waals surface area contributed by atoms with Crippen molar-refractivity contribution >= 4 is 28.6 Å². The molecule has 0 heterocycles. The zero-order valence-corrected chi connectivity index (χ0v) is 22.7. The van der Waals surface area contributed by atoms with Gasteiger partial charge in [0.15, 0.2) is 0 Å². The molecule has 5 rings (SSSR count). The van der Waals surface area contributed by atoms with Crippen LogP contribution in [0.15, 0.2) is 90.3 Å². The molecule has 0 bridgehead atoms. The average Bonchev–Trinajstić information content (AvgIpc) is 2.95. The number of fused-ring (bicyclic) bond motifs is 1. The number of halogens is 8. The van der Waals surface area contributed by atoms with E-state index >= 15 is 13.2 Å². The Morgan fingerprint density at radius 1 is 0.721 bits per heavy atom. The highest BCUT2D eigenvalue weighted by Gasteiger charge is 2.24. The lowest BCUT2D eigenvalue weighted by Crippen LogP contribution is -2.02. The van der Waals surface area contributed by atoms with Crippen LogP contribution in [0.1, 0.15) is 16.7 Å². The first-order valence-corrected chi connectivity index (χ1v) is 13.6. The van der Waals surface area contributed by atoms with E-state index in [1.165, 1.54) is 29.8 Å². The normalized spacial score (nSPS) is 11.3. The van der Waals surface area contributed by atoms with E-state index in [1.807, 2.05) is 24.3 Å². The second-order valence-corrected chi connectivity index (χ2v) is 10.5. The molecule has 0 saturated carbocycles. The summed E-state index contributed by atoms with van der Waals surface area (Å²) in [5.74, 6) is -2.64. The summed E-state index contributed by atoms with van der Waals surface area (Å²) < 4.78 is 112. The van der Waals surface area contributed by atoms with Gasteiger partial charge in [-0.25, -0.2) is 22.0 Å². The second kappa shape index (κ2) is 12.0. The molecule has 0 aromatic heterocycles.